The molecule has 2 heterocycles. The molecule has 4 aliphatic rings. The van der Waals surface area contributed by atoms with Crippen LogP contribution >= 0.6 is 12.4 Å². The van der Waals surface area contributed by atoms with Gasteiger partial charge in [0.1, 0.15) is 0 Å². The fraction of sp³-hybridized carbons (Fsp3) is 0.889. The van der Waals surface area contributed by atoms with Crippen LogP contribution in [0.5, 0.6) is 0 Å². The summed E-state index contributed by atoms with van der Waals surface area (Å²) in [5, 5.41) is 6.34. The summed E-state index contributed by atoms with van der Waals surface area (Å²) in [6, 6.07) is 0.00193. The van der Waals surface area contributed by atoms with Crippen LogP contribution in [0.25, 0.3) is 0 Å². The molecule has 4 atom stereocenters. The minimum atomic E-state index is 0. The van der Waals surface area contributed by atoms with E-state index in [9.17, 15) is 9.59 Å². The molecular weight excluding hydrogens is 326 g/mol. The molecule has 5 nitrogen and oxygen atoms in total. The molecule has 4 rings (SSSR count). The Kier molecular flexibility index (Phi) is 5.70. The number of amides is 2. The van der Waals surface area contributed by atoms with Gasteiger partial charge >= 0.3 is 0 Å². The highest BCUT2D eigenvalue weighted by Crippen LogP contribution is 2.55. The molecular formula is C18H30ClN3O2. The molecule has 2 amide bonds. The first kappa shape index (κ1) is 18.0. The fourth-order valence-corrected chi connectivity index (χ4v) is 4.49. The van der Waals surface area contributed by atoms with E-state index in [0.29, 0.717) is 23.7 Å². The van der Waals surface area contributed by atoms with E-state index >= 15 is 0 Å². The van der Waals surface area contributed by atoms with Crippen molar-refractivity contribution in [3.63, 3.8) is 0 Å². The zero-order chi connectivity index (χ0) is 15.8. The first-order valence-corrected chi connectivity index (χ1v) is 9.52. The zero-order valence-corrected chi connectivity index (χ0v) is 15.2. The van der Waals surface area contributed by atoms with Crippen molar-refractivity contribution in [3.05, 3.63) is 0 Å². The molecule has 2 aliphatic carbocycles. The molecule has 2 aliphatic heterocycles. The van der Waals surface area contributed by atoms with Crippen LogP contribution in [-0.4, -0.2) is 48.9 Å². The molecule has 0 aromatic heterocycles. The van der Waals surface area contributed by atoms with Crippen molar-refractivity contribution in [2.45, 2.75) is 51.0 Å². The Morgan fingerprint density at radius 1 is 1.12 bits per heavy atom. The van der Waals surface area contributed by atoms with Crippen molar-refractivity contribution < 1.29 is 9.59 Å². The van der Waals surface area contributed by atoms with Crippen molar-refractivity contribution in [1.29, 1.82) is 0 Å². The van der Waals surface area contributed by atoms with Gasteiger partial charge in [-0.15, -0.1) is 12.4 Å². The molecule has 6 heteroatoms. The highest BCUT2D eigenvalue weighted by atomic mass is 35.5. The van der Waals surface area contributed by atoms with Gasteiger partial charge in [0.25, 0.3) is 0 Å². The van der Waals surface area contributed by atoms with Crippen molar-refractivity contribution in [2.75, 3.05) is 26.2 Å². The summed E-state index contributed by atoms with van der Waals surface area (Å²) in [5.74, 6) is 2.87. The second-order valence-electron chi connectivity index (χ2n) is 8.03. The smallest absolute Gasteiger partial charge is 0.237 e. The lowest BCUT2D eigenvalue weighted by Crippen LogP contribution is -2.47. The van der Waals surface area contributed by atoms with Gasteiger partial charge in [0.05, 0.1) is 6.04 Å². The van der Waals surface area contributed by atoms with Gasteiger partial charge in [-0.2, -0.15) is 0 Å². The second kappa shape index (κ2) is 7.61. The third-order valence-corrected chi connectivity index (χ3v) is 6.16. The normalized spacial score (nSPS) is 35.2. The Morgan fingerprint density at radius 2 is 1.96 bits per heavy atom. The number of rotatable bonds is 5. The molecule has 4 fully saturated rings. The van der Waals surface area contributed by atoms with Crippen molar-refractivity contribution >= 4 is 24.2 Å². The third kappa shape index (κ3) is 4.05. The lowest BCUT2D eigenvalue weighted by Gasteiger charge is -2.33. The summed E-state index contributed by atoms with van der Waals surface area (Å²) in [7, 11) is 0. The highest BCUT2D eigenvalue weighted by Gasteiger charge is 2.52. The molecule has 2 saturated carbocycles. The van der Waals surface area contributed by atoms with Crippen LogP contribution in [0.2, 0.25) is 0 Å². The molecule has 136 valence electrons. The summed E-state index contributed by atoms with van der Waals surface area (Å²) in [6.45, 7) is 3.43. The van der Waals surface area contributed by atoms with Crippen LogP contribution in [0.1, 0.15) is 44.9 Å². The summed E-state index contributed by atoms with van der Waals surface area (Å²) < 4.78 is 0. The molecule has 0 spiro atoms. The minimum absolute atomic E-state index is 0. The number of nitrogens with zero attached hydrogens (tertiary/aromatic N) is 1. The predicted molar refractivity (Wildman–Crippen MR) is 94.9 cm³/mol. The molecule has 2 saturated heterocycles. The number of halogens is 1. The van der Waals surface area contributed by atoms with E-state index < -0.39 is 0 Å². The maximum Gasteiger partial charge on any atom is 0.237 e. The van der Waals surface area contributed by atoms with Gasteiger partial charge in [-0.1, -0.05) is 0 Å². The summed E-state index contributed by atoms with van der Waals surface area (Å²) in [5.41, 5.74) is 0. The minimum Gasteiger partial charge on any atom is -0.354 e. The first-order chi connectivity index (χ1) is 11.2. The van der Waals surface area contributed by atoms with E-state index in [1.807, 2.05) is 0 Å². The van der Waals surface area contributed by atoms with Gasteiger partial charge in [-0.25, -0.2) is 0 Å². The second-order valence-corrected chi connectivity index (χ2v) is 8.03. The van der Waals surface area contributed by atoms with Crippen molar-refractivity contribution in [2.24, 2.45) is 23.7 Å². The largest absolute Gasteiger partial charge is 0.354 e. The fourth-order valence-electron chi connectivity index (χ4n) is 4.49. The first-order valence-electron chi connectivity index (χ1n) is 9.52. The summed E-state index contributed by atoms with van der Waals surface area (Å²) in [4.78, 5) is 26.8. The number of hydrogen-bond acceptors (Lipinski definition) is 3. The van der Waals surface area contributed by atoms with Crippen molar-refractivity contribution in [3.8, 4) is 0 Å². The van der Waals surface area contributed by atoms with Gasteiger partial charge in [-0.05, 0) is 69.2 Å². The average Bonchev–Trinajstić information content (AvgIpc) is 3.49. The van der Waals surface area contributed by atoms with Crippen LogP contribution < -0.4 is 10.6 Å². The van der Waals surface area contributed by atoms with E-state index in [0.717, 1.165) is 64.2 Å². The lowest BCUT2D eigenvalue weighted by molar-refractivity contribution is -0.134. The molecule has 0 radical (unpaired) electrons. The Morgan fingerprint density at radius 3 is 2.67 bits per heavy atom. The number of likely N-dealkylation sites (tertiary alicyclic amines) is 1. The summed E-state index contributed by atoms with van der Waals surface area (Å²) >= 11 is 0. The van der Waals surface area contributed by atoms with E-state index in [1.54, 1.807) is 0 Å². The van der Waals surface area contributed by atoms with Gasteiger partial charge in [0.2, 0.25) is 11.8 Å². The molecule has 24 heavy (non-hydrogen) atoms. The van der Waals surface area contributed by atoms with Gasteiger partial charge in [0, 0.05) is 25.6 Å². The average molecular weight is 356 g/mol. The molecule has 0 aromatic carbocycles. The Balaban J connectivity index is 0.00000169. The van der Waals surface area contributed by atoms with Crippen LogP contribution in [0.4, 0.5) is 0 Å². The maximum atomic E-state index is 12.6. The number of carbonyl (C=O) groups is 2. The van der Waals surface area contributed by atoms with E-state index in [2.05, 4.69) is 15.5 Å². The van der Waals surface area contributed by atoms with E-state index in [-0.39, 0.29) is 24.4 Å². The van der Waals surface area contributed by atoms with Crippen LogP contribution in [0.3, 0.4) is 0 Å². The predicted octanol–water partition coefficient (Wildman–Crippen LogP) is 1.56. The molecule has 0 bridgehead atoms. The number of hydrogen-bond donors (Lipinski definition) is 2. The summed E-state index contributed by atoms with van der Waals surface area (Å²) in [6.07, 6.45) is 8.07. The standard InChI is InChI=1S/C18H29N3O2.ClH/c22-17(16-4-1-7-19-16)20-10-12-3-2-8-21(11-12)18(23)15-9-14(15)13-5-6-13;/h12-16,19H,1-11H2,(H,20,22);1H. The van der Waals surface area contributed by atoms with Crippen molar-refractivity contribution in [1.82, 2.24) is 15.5 Å². The molecule has 2 N–H and O–H groups in total. The van der Waals surface area contributed by atoms with E-state index in [4.69, 9.17) is 0 Å². The van der Waals surface area contributed by atoms with Gasteiger partial charge < -0.3 is 15.5 Å². The van der Waals surface area contributed by atoms with Crippen LogP contribution in [0, 0.1) is 23.7 Å². The number of nitrogens with one attached hydrogen (secondary N) is 2. The highest BCUT2D eigenvalue weighted by molar-refractivity contribution is 5.85. The number of piperidine rings is 1. The van der Waals surface area contributed by atoms with Gasteiger partial charge in [-0.3, -0.25) is 9.59 Å². The Labute approximate surface area is 150 Å². The van der Waals surface area contributed by atoms with E-state index in [1.165, 1.54) is 12.8 Å². The lowest BCUT2D eigenvalue weighted by atomic mass is 9.97. The quantitative estimate of drug-likeness (QED) is 0.786. The Hall–Kier alpha value is -0.810. The zero-order valence-electron chi connectivity index (χ0n) is 14.3. The third-order valence-electron chi connectivity index (χ3n) is 6.16. The molecule has 0 aromatic rings. The number of carbonyl (C=O) groups excluding carboxylic acids is 2. The topological polar surface area (TPSA) is 61.4 Å². The van der Waals surface area contributed by atoms with Crippen LogP contribution in [0.15, 0.2) is 0 Å². The van der Waals surface area contributed by atoms with Crippen LogP contribution in [-0.2, 0) is 9.59 Å². The molecule has 4 unspecified atom stereocenters. The SMILES string of the molecule is Cl.O=C(NCC1CCCN(C(=O)C2CC2C2CC2)C1)C1CCCN1. The van der Waals surface area contributed by atoms with Gasteiger partial charge in [0.15, 0.2) is 0 Å². The monoisotopic (exact) mass is 355 g/mol. The maximum absolute atomic E-state index is 12.6. The Bertz CT molecular complexity index is 477.